The van der Waals surface area contributed by atoms with Crippen molar-refractivity contribution in [2.24, 2.45) is 5.92 Å². The number of hydrogen-bond donors (Lipinski definition) is 1. The Kier molecular flexibility index (Phi) is 6.66. The molecule has 154 valence electrons. The summed E-state index contributed by atoms with van der Waals surface area (Å²) in [5.74, 6) is 1.25. The molecule has 2 aromatic rings. The van der Waals surface area contributed by atoms with E-state index >= 15 is 0 Å². The van der Waals surface area contributed by atoms with Gasteiger partial charge in [-0.3, -0.25) is 4.98 Å². The second kappa shape index (κ2) is 9.00. The molecule has 1 saturated heterocycles. The number of aromatic nitrogens is 3. The molecule has 9 heteroatoms. The van der Waals surface area contributed by atoms with E-state index in [9.17, 15) is 13.2 Å². The zero-order valence-corrected chi connectivity index (χ0v) is 16.1. The molecule has 1 fully saturated rings. The lowest BCUT2D eigenvalue weighted by Gasteiger charge is -2.34. The number of pyridine rings is 1. The number of rotatable bonds is 7. The van der Waals surface area contributed by atoms with E-state index in [0.717, 1.165) is 18.4 Å². The number of hydrogen-bond acceptors (Lipinski definition) is 6. The summed E-state index contributed by atoms with van der Waals surface area (Å²) in [6.07, 6.45) is 0.114. The molecule has 1 atom stereocenters. The zero-order valence-electron chi connectivity index (χ0n) is 16.1. The maximum atomic E-state index is 12.4. The van der Waals surface area contributed by atoms with Crippen molar-refractivity contribution in [3.8, 4) is 11.4 Å². The Balaban J connectivity index is 1.57. The fourth-order valence-electron chi connectivity index (χ4n) is 3.38. The highest BCUT2D eigenvalue weighted by atomic mass is 19.4. The number of nitrogens with zero attached hydrogens (tertiary/aromatic N) is 4. The largest absolute Gasteiger partial charge is 0.390 e. The van der Waals surface area contributed by atoms with Crippen molar-refractivity contribution in [2.75, 3.05) is 19.6 Å². The molecule has 3 rings (SSSR count). The Morgan fingerprint density at radius 3 is 2.64 bits per heavy atom. The van der Waals surface area contributed by atoms with E-state index in [2.05, 4.69) is 34.3 Å². The monoisotopic (exact) mass is 397 g/mol. The van der Waals surface area contributed by atoms with Crippen molar-refractivity contribution in [3.05, 3.63) is 30.4 Å². The minimum absolute atomic E-state index is 0.0714. The summed E-state index contributed by atoms with van der Waals surface area (Å²) in [5, 5.41) is 7.63. The molecule has 0 radical (unpaired) electrons. The number of nitrogens with one attached hydrogen (secondary N) is 1. The summed E-state index contributed by atoms with van der Waals surface area (Å²) in [6, 6.07) is 3.79. The fraction of sp³-hybridized carbons (Fsp3) is 0.632. The van der Waals surface area contributed by atoms with Gasteiger partial charge in [-0.25, -0.2) is 0 Å². The Labute approximate surface area is 162 Å². The van der Waals surface area contributed by atoms with Crippen LogP contribution in [0.2, 0.25) is 0 Å². The molecule has 1 aliphatic rings. The van der Waals surface area contributed by atoms with Gasteiger partial charge in [0.25, 0.3) is 0 Å². The summed E-state index contributed by atoms with van der Waals surface area (Å²) in [4.78, 5) is 10.5. The Morgan fingerprint density at radius 2 is 2.04 bits per heavy atom. The Hall–Kier alpha value is -2.00. The maximum absolute atomic E-state index is 12.4. The third-order valence-electron chi connectivity index (χ3n) is 5.01. The Morgan fingerprint density at radius 1 is 1.29 bits per heavy atom. The van der Waals surface area contributed by atoms with Crippen molar-refractivity contribution >= 4 is 0 Å². The quantitative estimate of drug-likeness (QED) is 0.766. The molecule has 0 bridgehead atoms. The molecule has 2 aromatic heterocycles. The molecule has 1 N–H and O–H groups in total. The summed E-state index contributed by atoms with van der Waals surface area (Å²) in [7, 11) is 0. The van der Waals surface area contributed by atoms with Crippen molar-refractivity contribution in [1.82, 2.24) is 25.3 Å². The highest BCUT2D eigenvalue weighted by Gasteiger charge is 2.31. The first-order valence-electron chi connectivity index (χ1n) is 9.61. The van der Waals surface area contributed by atoms with Gasteiger partial charge in [0.05, 0.1) is 12.5 Å². The van der Waals surface area contributed by atoms with Crippen LogP contribution in [0.4, 0.5) is 13.2 Å². The van der Waals surface area contributed by atoms with Gasteiger partial charge in [0, 0.05) is 30.5 Å². The summed E-state index contributed by atoms with van der Waals surface area (Å²) in [5.41, 5.74) is 0.790. The topological polar surface area (TPSA) is 67.1 Å². The van der Waals surface area contributed by atoms with Gasteiger partial charge in [0.15, 0.2) is 0 Å². The van der Waals surface area contributed by atoms with Gasteiger partial charge >= 0.3 is 6.18 Å². The third-order valence-corrected chi connectivity index (χ3v) is 5.01. The number of alkyl halides is 3. The molecular formula is C19H26F3N5O. The van der Waals surface area contributed by atoms with E-state index in [1.165, 1.54) is 0 Å². The van der Waals surface area contributed by atoms with Crippen LogP contribution in [-0.2, 0) is 0 Å². The smallest absolute Gasteiger partial charge is 0.337 e. The van der Waals surface area contributed by atoms with Crippen molar-refractivity contribution in [3.63, 3.8) is 0 Å². The van der Waals surface area contributed by atoms with Crippen LogP contribution in [0.15, 0.2) is 29.0 Å². The lowest BCUT2D eigenvalue weighted by atomic mass is 9.99. The molecule has 0 unspecified atom stereocenters. The third kappa shape index (κ3) is 5.75. The van der Waals surface area contributed by atoms with Crippen LogP contribution < -0.4 is 5.32 Å². The first-order valence-corrected chi connectivity index (χ1v) is 9.61. The van der Waals surface area contributed by atoms with Gasteiger partial charge in [0.2, 0.25) is 11.7 Å². The average Bonchev–Trinajstić information content (AvgIpc) is 3.15. The van der Waals surface area contributed by atoms with Crippen LogP contribution in [0, 0.1) is 5.92 Å². The van der Waals surface area contributed by atoms with Crippen molar-refractivity contribution in [1.29, 1.82) is 0 Å². The minimum atomic E-state index is -4.10. The van der Waals surface area contributed by atoms with E-state index in [-0.39, 0.29) is 24.5 Å². The summed E-state index contributed by atoms with van der Waals surface area (Å²) < 4.78 is 42.7. The van der Waals surface area contributed by atoms with Crippen LogP contribution in [0.3, 0.4) is 0 Å². The van der Waals surface area contributed by atoms with Crippen molar-refractivity contribution < 1.29 is 17.7 Å². The second-order valence-electron chi connectivity index (χ2n) is 7.57. The van der Waals surface area contributed by atoms with Crippen LogP contribution in [0.5, 0.6) is 0 Å². The van der Waals surface area contributed by atoms with Gasteiger partial charge in [-0.2, -0.15) is 18.2 Å². The summed E-state index contributed by atoms with van der Waals surface area (Å²) >= 11 is 0. The standard InChI is InChI=1S/C19H26F3N5O/c1-13(2)16(18-25-17(26-28-18)14-4-3-8-23-12-14)24-15-5-9-27(10-6-15)11-7-19(20,21)22/h3-4,8,12-13,15-16,24H,5-7,9-11H2,1-2H3/t16-/m1/s1. The number of piperidine rings is 1. The van der Waals surface area contributed by atoms with Crippen molar-refractivity contribution in [2.45, 2.75) is 51.4 Å². The second-order valence-corrected chi connectivity index (χ2v) is 7.57. The van der Waals surface area contributed by atoms with Gasteiger partial charge < -0.3 is 14.7 Å². The van der Waals surface area contributed by atoms with E-state index in [4.69, 9.17) is 4.52 Å². The van der Waals surface area contributed by atoms with E-state index in [1.54, 1.807) is 12.4 Å². The fourth-order valence-corrected chi connectivity index (χ4v) is 3.38. The lowest BCUT2D eigenvalue weighted by molar-refractivity contribution is -0.138. The zero-order chi connectivity index (χ0) is 20.1. The molecule has 6 nitrogen and oxygen atoms in total. The minimum Gasteiger partial charge on any atom is -0.337 e. The summed E-state index contributed by atoms with van der Waals surface area (Å²) in [6.45, 7) is 5.53. The molecule has 0 spiro atoms. The lowest BCUT2D eigenvalue weighted by Crippen LogP contribution is -2.45. The van der Waals surface area contributed by atoms with E-state index in [1.807, 2.05) is 17.0 Å². The Bertz CT molecular complexity index is 727. The van der Waals surface area contributed by atoms with Gasteiger partial charge in [0.1, 0.15) is 0 Å². The molecular weight excluding hydrogens is 371 g/mol. The van der Waals surface area contributed by atoms with Crippen LogP contribution >= 0.6 is 0 Å². The first kappa shape index (κ1) is 20.7. The maximum Gasteiger partial charge on any atom is 0.390 e. The van der Waals surface area contributed by atoms with Gasteiger partial charge in [-0.1, -0.05) is 19.0 Å². The molecule has 1 aliphatic heterocycles. The number of halogens is 3. The van der Waals surface area contributed by atoms with Crippen LogP contribution in [-0.4, -0.2) is 51.9 Å². The molecule has 0 amide bonds. The van der Waals surface area contributed by atoms with Gasteiger partial charge in [-0.15, -0.1) is 0 Å². The molecule has 0 aliphatic carbocycles. The predicted octanol–water partition coefficient (Wildman–Crippen LogP) is 3.84. The predicted molar refractivity (Wildman–Crippen MR) is 98.4 cm³/mol. The SMILES string of the molecule is CC(C)[C@@H](NC1CCN(CCC(F)(F)F)CC1)c1nc(-c2cccnc2)no1. The molecule has 28 heavy (non-hydrogen) atoms. The van der Waals surface area contributed by atoms with Gasteiger partial charge in [-0.05, 0) is 44.0 Å². The highest BCUT2D eigenvalue weighted by Crippen LogP contribution is 2.26. The number of likely N-dealkylation sites (tertiary alicyclic amines) is 1. The van der Waals surface area contributed by atoms with E-state index in [0.29, 0.717) is 24.8 Å². The normalized spacial score (nSPS) is 17.9. The van der Waals surface area contributed by atoms with Crippen LogP contribution in [0.25, 0.3) is 11.4 Å². The van der Waals surface area contributed by atoms with E-state index < -0.39 is 12.6 Å². The molecule has 0 saturated carbocycles. The molecule has 3 heterocycles. The average molecular weight is 397 g/mol. The van der Waals surface area contributed by atoms with Crippen LogP contribution in [0.1, 0.15) is 45.0 Å². The first-order chi connectivity index (χ1) is 13.3. The highest BCUT2D eigenvalue weighted by molar-refractivity contribution is 5.51. The molecule has 0 aromatic carbocycles.